The molecule has 2 aromatic heterocycles. The molecule has 8 heteroatoms. The molecule has 0 saturated heterocycles. The van der Waals surface area contributed by atoms with Gasteiger partial charge < -0.3 is 4.90 Å². The number of rotatable bonds is 4. The average molecular weight is 437 g/mol. The van der Waals surface area contributed by atoms with Crippen LogP contribution in [0.1, 0.15) is 10.6 Å². The summed E-state index contributed by atoms with van der Waals surface area (Å²) < 4.78 is 14.2. The molecule has 0 aliphatic carbocycles. The third-order valence-electron chi connectivity index (χ3n) is 5.03. The predicted molar refractivity (Wildman–Crippen MR) is 119 cm³/mol. The van der Waals surface area contributed by atoms with E-state index in [1.165, 1.54) is 40.8 Å². The average Bonchev–Trinajstić information content (AvgIpc) is 3.36. The molecular weight excluding hydrogens is 419 g/mol. The molecule has 0 unspecified atom stereocenters. The Balaban J connectivity index is 1.41. The van der Waals surface area contributed by atoms with Gasteiger partial charge in [-0.05, 0) is 49.2 Å². The highest BCUT2D eigenvalue weighted by Crippen LogP contribution is 2.36. The topological polar surface area (TPSA) is 59.0 Å². The van der Waals surface area contributed by atoms with E-state index in [0.29, 0.717) is 17.3 Å². The van der Waals surface area contributed by atoms with Crippen LogP contribution in [0.25, 0.3) is 21.5 Å². The molecule has 0 spiro atoms. The van der Waals surface area contributed by atoms with Gasteiger partial charge in [-0.15, -0.1) is 21.5 Å². The fourth-order valence-electron chi connectivity index (χ4n) is 3.62. The number of anilines is 1. The van der Waals surface area contributed by atoms with E-state index < -0.39 is 0 Å². The number of halogens is 1. The molecule has 0 saturated carbocycles. The predicted octanol–water partition coefficient (Wildman–Crippen LogP) is 4.88. The van der Waals surface area contributed by atoms with Crippen molar-refractivity contribution in [2.45, 2.75) is 18.4 Å². The number of carbonyl (C=O) groups is 1. The number of para-hydroxylation sites is 1. The highest BCUT2D eigenvalue weighted by Gasteiger charge is 2.25. The molecule has 1 aliphatic rings. The van der Waals surface area contributed by atoms with Gasteiger partial charge in [0.1, 0.15) is 22.1 Å². The summed E-state index contributed by atoms with van der Waals surface area (Å²) in [6, 6.07) is 14.2. The Hall–Kier alpha value is -2.84. The van der Waals surface area contributed by atoms with Crippen LogP contribution in [0.5, 0.6) is 0 Å². The van der Waals surface area contributed by atoms with Crippen molar-refractivity contribution in [3.05, 3.63) is 64.9 Å². The number of fused-ring (bicyclic) bond motifs is 2. The number of carbonyl (C=O) groups excluding carboxylic acids is 1. The van der Waals surface area contributed by atoms with Gasteiger partial charge in [-0.2, -0.15) is 0 Å². The van der Waals surface area contributed by atoms with Crippen molar-refractivity contribution >= 4 is 44.9 Å². The number of amides is 1. The number of thiazole rings is 1. The van der Waals surface area contributed by atoms with E-state index in [9.17, 15) is 9.18 Å². The molecule has 150 valence electrons. The summed E-state index contributed by atoms with van der Waals surface area (Å²) in [4.78, 5) is 19.3. The first-order valence-corrected chi connectivity index (χ1v) is 11.3. The molecule has 5 nitrogen and oxygen atoms in total. The van der Waals surface area contributed by atoms with Crippen molar-refractivity contribution in [2.75, 3.05) is 17.2 Å². The lowest BCUT2D eigenvalue weighted by molar-refractivity contribution is -0.116. The standard InChI is InChI=1S/C22H17FN4OS2/c1-13-24-20-21(30-13)19(15-6-8-16(23)9-7-15)25-26-22(20)29-12-18(28)27-11-10-14-4-2-3-5-17(14)27/h2-9H,10-12H2,1H3. The van der Waals surface area contributed by atoms with Gasteiger partial charge in [0.05, 0.1) is 15.5 Å². The smallest absolute Gasteiger partial charge is 0.237 e. The Morgan fingerprint density at radius 2 is 1.97 bits per heavy atom. The van der Waals surface area contributed by atoms with Gasteiger partial charge in [-0.3, -0.25) is 4.79 Å². The maximum atomic E-state index is 13.3. The second-order valence-electron chi connectivity index (χ2n) is 6.98. The van der Waals surface area contributed by atoms with Gasteiger partial charge in [0.2, 0.25) is 5.91 Å². The number of thioether (sulfide) groups is 1. The zero-order valence-corrected chi connectivity index (χ0v) is 17.8. The first kappa shape index (κ1) is 19.1. The zero-order chi connectivity index (χ0) is 20.7. The van der Waals surface area contributed by atoms with Crippen molar-refractivity contribution in [1.82, 2.24) is 15.2 Å². The van der Waals surface area contributed by atoms with Crippen LogP contribution in [0.4, 0.5) is 10.1 Å². The van der Waals surface area contributed by atoms with E-state index in [-0.39, 0.29) is 17.5 Å². The Kier molecular flexibility index (Phi) is 4.96. The van der Waals surface area contributed by atoms with Gasteiger partial charge in [0.15, 0.2) is 0 Å². The molecule has 1 amide bonds. The Morgan fingerprint density at radius 1 is 1.17 bits per heavy atom. The van der Waals surface area contributed by atoms with Crippen LogP contribution < -0.4 is 4.90 Å². The quantitative estimate of drug-likeness (QED) is 0.427. The maximum absolute atomic E-state index is 13.3. The molecule has 0 atom stereocenters. The van der Waals surface area contributed by atoms with E-state index in [1.807, 2.05) is 30.0 Å². The second kappa shape index (κ2) is 7.77. The van der Waals surface area contributed by atoms with Crippen LogP contribution in [-0.2, 0) is 11.2 Å². The summed E-state index contributed by atoms with van der Waals surface area (Å²) in [5, 5.41) is 10.3. The number of aryl methyl sites for hydroxylation is 1. The van der Waals surface area contributed by atoms with E-state index in [0.717, 1.165) is 32.9 Å². The molecule has 5 rings (SSSR count). The first-order valence-electron chi connectivity index (χ1n) is 9.51. The van der Waals surface area contributed by atoms with Crippen molar-refractivity contribution < 1.29 is 9.18 Å². The van der Waals surface area contributed by atoms with Crippen LogP contribution >= 0.6 is 23.1 Å². The minimum Gasteiger partial charge on any atom is -0.311 e. The number of aromatic nitrogens is 3. The molecule has 2 aromatic carbocycles. The maximum Gasteiger partial charge on any atom is 0.237 e. The number of benzene rings is 2. The minimum absolute atomic E-state index is 0.0504. The SMILES string of the molecule is Cc1nc2c(SCC(=O)N3CCc4ccccc43)nnc(-c3ccc(F)cc3)c2s1. The summed E-state index contributed by atoms with van der Waals surface area (Å²) >= 11 is 2.88. The molecule has 0 bridgehead atoms. The summed E-state index contributed by atoms with van der Waals surface area (Å²) in [7, 11) is 0. The molecule has 1 aliphatic heterocycles. The van der Waals surface area contributed by atoms with E-state index in [1.54, 1.807) is 12.1 Å². The van der Waals surface area contributed by atoms with E-state index in [4.69, 9.17) is 0 Å². The summed E-state index contributed by atoms with van der Waals surface area (Å²) in [6.07, 6.45) is 0.883. The largest absolute Gasteiger partial charge is 0.311 e. The third kappa shape index (κ3) is 3.46. The van der Waals surface area contributed by atoms with Crippen LogP contribution in [0.2, 0.25) is 0 Å². The molecule has 0 radical (unpaired) electrons. The Labute approximate surface area is 181 Å². The van der Waals surface area contributed by atoms with Crippen LogP contribution in [0.15, 0.2) is 53.6 Å². The monoisotopic (exact) mass is 436 g/mol. The van der Waals surface area contributed by atoms with Gasteiger partial charge in [0, 0.05) is 17.8 Å². The minimum atomic E-state index is -0.294. The van der Waals surface area contributed by atoms with Crippen LogP contribution in [0.3, 0.4) is 0 Å². The molecule has 0 N–H and O–H groups in total. The first-order chi connectivity index (χ1) is 14.6. The Morgan fingerprint density at radius 3 is 2.80 bits per heavy atom. The highest BCUT2D eigenvalue weighted by molar-refractivity contribution is 8.00. The molecule has 4 aromatic rings. The Bertz CT molecular complexity index is 1260. The van der Waals surface area contributed by atoms with Gasteiger partial charge in [-0.1, -0.05) is 30.0 Å². The van der Waals surface area contributed by atoms with Crippen molar-refractivity contribution in [3.8, 4) is 11.3 Å². The summed E-state index contributed by atoms with van der Waals surface area (Å²) in [5.41, 5.74) is 4.41. The van der Waals surface area contributed by atoms with Crippen LogP contribution in [0, 0.1) is 12.7 Å². The number of hydrogen-bond acceptors (Lipinski definition) is 6. The van der Waals surface area contributed by atoms with E-state index >= 15 is 0 Å². The molecule has 30 heavy (non-hydrogen) atoms. The summed E-state index contributed by atoms with van der Waals surface area (Å²) in [5.74, 6) is 0.0250. The van der Waals surface area contributed by atoms with Crippen molar-refractivity contribution in [3.63, 3.8) is 0 Å². The second-order valence-corrected chi connectivity index (χ2v) is 9.15. The van der Waals surface area contributed by atoms with Gasteiger partial charge >= 0.3 is 0 Å². The highest BCUT2D eigenvalue weighted by atomic mass is 32.2. The summed E-state index contributed by atoms with van der Waals surface area (Å²) in [6.45, 7) is 2.64. The lowest BCUT2D eigenvalue weighted by Crippen LogP contribution is -2.30. The normalized spacial score (nSPS) is 13.1. The zero-order valence-electron chi connectivity index (χ0n) is 16.1. The number of nitrogens with zero attached hydrogens (tertiary/aromatic N) is 4. The third-order valence-corrected chi connectivity index (χ3v) is 6.95. The fraction of sp³-hybridized carbons (Fsp3) is 0.182. The molecule has 0 fully saturated rings. The van der Waals surface area contributed by atoms with Crippen LogP contribution in [-0.4, -0.2) is 33.4 Å². The fourth-order valence-corrected chi connectivity index (χ4v) is 5.41. The number of hydrogen-bond donors (Lipinski definition) is 0. The van der Waals surface area contributed by atoms with Crippen molar-refractivity contribution in [1.29, 1.82) is 0 Å². The van der Waals surface area contributed by atoms with Gasteiger partial charge in [0.25, 0.3) is 0 Å². The van der Waals surface area contributed by atoms with Crippen molar-refractivity contribution in [2.24, 2.45) is 0 Å². The molecular formula is C22H17FN4OS2. The lowest BCUT2D eigenvalue weighted by atomic mass is 10.1. The van der Waals surface area contributed by atoms with Gasteiger partial charge in [-0.25, -0.2) is 9.37 Å². The van der Waals surface area contributed by atoms with E-state index in [2.05, 4.69) is 21.2 Å². The molecule has 3 heterocycles. The lowest BCUT2D eigenvalue weighted by Gasteiger charge is -2.16.